The Morgan fingerprint density at radius 3 is 2.94 bits per heavy atom. The molecule has 6 heteroatoms. The first kappa shape index (κ1) is 12.6. The fourth-order valence-corrected chi connectivity index (χ4v) is 1.06. The molecular formula is C11H8FN3O2. The molecule has 0 atom stereocenters. The molecule has 0 saturated heterocycles. The van der Waals surface area contributed by atoms with Crippen molar-refractivity contribution in [3.8, 4) is 11.8 Å². The summed E-state index contributed by atoms with van der Waals surface area (Å²) in [6.07, 6.45) is 0.324. The number of carbonyl (C=O) groups is 1. The van der Waals surface area contributed by atoms with E-state index in [1.807, 2.05) is 0 Å². The highest BCUT2D eigenvalue weighted by atomic mass is 19.1. The van der Waals surface area contributed by atoms with Gasteiger partial charge in [-0.1, -0.05) is 17.0 Å². The predicted octanol–water partition coefficient (Wildman–Crippen LogP) is 2.58. The molecule has 1 aromatic rings. The molecule has 0 unspecified atom stereocenters. The fourth-order valence-electron chi connectivity index (χ4n) is 1.06. The van der Waals surface area contributed by atoms with E-state index in [0.29, 0.717) is 6.42 Å². The number of rotatable bonds is 3. The minimum Gasteiger partial charge on any atom is -0.478 e. The van der Waals surface area contributed by atoms with Crippen LogP contribution in [0.15, 0.2) is 23.3 Å². The van der Waals surface area contributed by atoms with Gasteiger partial charge in [-0.25, -0.2) is 9.18 Å². The maximum atomic E-state index is 13.3. The van der Waals surface area contributed by atoms with Crippen molar-refractivity contribution in [3.05, 3.63) is 45.6 Å². The monoisotopic (exact) mass is 233 g/mol. The molecule has 86 valence electrons. The summed E-state index contributed by atoms with van der Waals surface area (Å²) in [6, 6.07) is 3.50. The molecule has 1 aromatic carbocycles. The first-order valence-electron chi connectivity index (χ1n) is 4.67. The SMILES string of the molecule is [N-]=[N+]=NCCC#Cc1ccc(C(=O)O)cc1F. The summed E-state index contributed by atoms with van der Waals surface area (Å²) in [4.78, 5) is 13.1. The number of aromatic carboxylic acids is 1. The highest BCUT2D eigenvalue weighted by molar-refractivity contribution is 5.87. The van der Waals surface area contributed by atoms with Crippen LogP contribution in [0.3, 0.4) is 0 Å². The van der Waals surface area contributed by atoms with Crippen molar-refractivity contribution in [2.45, 2.75) is 6.42 Å². The average molecular weight is 233 g/mol. The normalized spacial score (nSPS) is 8.76. The molecule has 1 rings (SSSR count). The minimum absolute atomic E-state index is 0.121. The van der Waals surface area contributed by atoms with Crippen molar-refractivity contribution >= 4 is 5.97 Å². The quantitative estimate of drug-likeness (QED) is 0.286. The fraction of sp³-hybridized carbons (Fsp3) is 0.182. The second-order valence-electron chi connectivity index (χ2n) is 3.01. The summed E-state index contributed by atoms with van der Waals surface area (Å²) in [5, 5.41) is 11.9. The lowest BCUT2D eigenvalue weighted by molar-refractivity contribution is 0.0696. The third kappa shape index (κ3) is 3.86. The van der Waals surface area contributed by atoms with Crippen molar-refractivity contribution in [2.24, 2.45) is 5.11 Å². The van der Waals surface area contributed by atoms with Crippen molar-refractivity contribution in [1.82, 2.24) is 0 Å². The zero-order chi connectivity index (χ0) is 12.7. The van der Waals surface area contributed by atoms with Gasteiger partial charge in [0.1, 0.15) is 5.82 Å². The molecule has 0 aliphatic heterocycles. The zero-order valence-corrected chi connectivity index (χ0v) is 8.72. The first-order valence-corrected chi connectivity index (χ1v) is 4.67. The molecule has 0 amide bonds. The average Bonchev–Trinajstić information content (AvgIpc) is 2.30. The Labute approximate surface area is 96.5 Å². The molecule has 0 spiro atoms. The Balaban J connectivity index is 2.78. The van der Waals surface area contributed by atoms with Crippen LogP contribution in [0.5, 0.6) is 0 Å². The van der Waals surface area contributed by atoms with E-state index in [4.69, 9.17) is 10.6 Å². The van der Waals surface area contributed by atoms with Gasteiger partial charge in [0.15, 0.2) is 0 Å². The zero-order valence-electron chi connectivity index (χ0n) is 8.72. The van der Waals surface area contributed by atoms with E-state index in [-0.39, 0.29) is 17.7 Å². The van der Waals surface area contributed by atoms with E-state index in [9.17, 15) is 9.18 Å². The lowest BCUT2D eigenvalue weighted by Crippen LogP contribution is -1.97. The standard InChI is InChI=1S/C11H8FN3O2/c12-10-7-9(11(16)17)5-4-8(10)3-1-2-6-14-15-13/h4-5,7H,2,6H2,(H,16,17). The summed E-state index contributed by atoms with van der Waals surface area (Å²) in [6.45, 7) is 0.221. The van der Waals surface area contributed by atoms with Crippen LogP contribution in [0.2, 0.25) is 0 Å². The van der Waals surface area contributed by atoms with Crippen LogP contribution in [0.4, 0.5) is 4.39 Å². The van der Waals surface area contributed by atoms with Crippen molar-refractivity contribution < 1.29 is 14.3 Å². The molecule has 0 radical (unpaired) electrons. The number of azide groups is 1. The summed E-state index contributed by atoms with van der Waals surface area (Å²) in [7, 11) is 0. The van der Waals surface area contributed by atoms with Crippen LogP contribution in [-0.4, -0.2) is 17.6 Å². The van der Waals surface area contributed by atoms with E-state index in [2.05, 4.69) is 21.9 Å². The number of carboxylic acid groups (broad SMARTS) is 1. The molecule has 0 bridgehead atoms. The number of nitrogens with zero attached hydrogens (tertiary/aromatic N) is 3. The van der Waals surface area contributed by atoms with Gasteiger partial charge in [0.2, 0.25) is 0 Å². The number of benzene rings is 1. The summed E-state index contributed by atoms with van der Waals surface area (Å²) in [5.41, 5.74) is 8.00. The van der Waals surface area contributed by atoms with E-state index >= 15 is 0 Å². The van der Waals surface area contributed by atoms with Crippen LogP contribution in [-0.2, 0) is 0 Å². The Bertz CT molecular complexity index is 539. The van der Waals surface area contributed by atoms with Crippen LogP contribution in [0.25, 0.3) is 10.4 Å². The van der Waals surface area contributed by atoms with Gasteiger partial charge in [-0.3, -0.25) is 0 Å². The molecule has 0 heterocycles. The van der Waals surface area contributed by atoms with E-state index in [1.54, 1.807) is 0 Å². The Morgan fingerprint density at radius 2 is 2.35 bits per heavy atom. The Hall–Kier alpha value is -2.51. The molecule has 0 fully saturated rings. The van der Waals surface area contributed by atoms with E-state index < -0.39 is 11.8 Å². The van der Waals surface area contributed by atoms with Gasteiger partial charge >= 0.3 is 5.97 Å². The maximum Gasteiger partial charge on any atom is 0.335 e. The summed E-state index contributed by atoms with van der Waals surface area (Å²) in [5.74, 6) is 3.29. The van der Waals surface area contributed by atoms with Crippen molar-refractivity contribution in [2.75, 3.05) is 6.54 Å². The van der Waals surface area contributed by atoms with Gasteiger partial charge in [0.05, 0.1) is 11.1 Å². The maximum absolute atomic E-state index is 13.3. The molecule has 0 aliphatic carbocycles. The first-order chi connectivity index (χ1) is 8.15. The van der Waals surface area contributed by atoms with Gasteiger partial charge in [-0.15, -0.1) is 0 Å². The highest BCUT2D eigenvalue weighted by Gasteiger charge is 2.06. The van der Waals surface area contributed by atoms with Gasteiger partial charge in [-0.05, 0) is 23.7 Å². The van der Waals surface area contributed by atoms with Crippen LogP contribution in [0, 0.1) is 17.7 Å². The number of carboxylic acids is 1. The third-order valence-corrected chi connectivity index (χ3v) is 1.84. The van der Waals surface area contributed by atoms with Crippen LogP contribution in [0.1, 0.15) is 22.3 Å². The van der Waals surface area contributed by atoms with E-state index in [1.165, 1.54) is 12.1 Å². The molecule has 0 aliphatic rings. The largest absolute Gasteiger partial charge is 0.478 e. The van der Waals surface area contributed by atoms with Gasteiger partial charge in [-0.2, -0.15) is 0 Å². The molecular weight excluding hydrogens is 225 g/mol. The van der Waals surface area contributed by atoms with Crippen molar-refractivity contribution in [3.63, 3.8) is 0 Å². The van der Waals surface area contributed by atoms with Crippen LogP contribution >= 0.6 is 0 Å². The van der Waals surface area contributed by atoms with E-state index in [0.717, 1.165) is 6.07 Å². The van der Waals surface area contributed by atoms with Crippen molar-refractivity contribution in [1.29, 1.82) is 0 Å². The van der Waals surface area contributed by atoms with Gasteiger partial charge in [0, 0.05) is 17.9 Å². The number of hydrogen-bond donors (Lipinski definition) is 1. The van der Waals surface area contributed by atoms with Gasteiger partial charge in [0.25, 0.3) is 0 Å². The molecule has 0 aromatic heterocycles. The van der Waals surface area contributed by atoms with Crippen LogP contribution < -0.4 is 0 Å². The molecule has 17 heavy (non-hydrogen) atoms. The molecule has 0 saturated carbocycles. The summed E-state index contributed by atoms with van der Waals surface area (Å²) < 4.78 is 13.3. The smallest absolute Gasteiger partial charge is 0.335 e. The molecule has 5 nitrogen and oxygen atoms in total. The minimum atomic E-state index is -1.19. The Kier molecular flexibility index (Phi) is 4.55. The number of hydrogen-bond acceptors (Lipinski definition) is 2. The molecule has 1 N–H and O–H groups in total. The van der Waals surface area contributed by atoms with Gasteiger partial charge < -0.3 is 5.11 Å². The highest BCUT2D eigenvalue weighted by Crippen LogP contribution is 2.09. The second-order valence-corrected chi connectivity index (χ2v) is 3.01. The lowest BCUT2D eigenvalue weighted by Gasteiger charge is -1.96. The predicted molar refractivity (Wildman–Crippen MR) is 58.9 cm³/mol. The second kappa shape index (κ2) is 6.16. The number of halogens is 1. The summed E-state index contributed by atoms with van der Waals surface area (Å²) >= 11 is 0. The topological polar surface area (TPSA) is 86.1 Å². The lowest BCUT2D eigenvalue weighted by atomic mass is 10.1. The Morgan fingerprint density at radius 1 is 1.59 bits per heavy atom. The third-order valence-electron chi connectivity index (χ3n) is 1.84.